The van der Waals surface area contributed by atoms with Crippen LogP contribution < -0.4 is 5.32 Å². The van der Waals surface area contributed by atoms with Crippen LogP contribution in [-0.4, -0.2) is 46.1 Å². The minimum Gasteiger partial charge on any atom is -0.356 e. The van der Waals surface area contributed by atoms with Crippen molar-refractivity contribution in [1.29, 1.82) is 0 Å². The third-order valence-electron chi connectivity index (χ3n) is 5.64. The molecule has 2 amide bonds. The molecule has 1 saturated heterocycles. The lowest BCUT2D eigenvalue weighted by atomic mass is 9.96. The van der Waals surface area contributed by atoms with E-state index >= 15 is 0 Å². The van der Waals surface area contributed by atoms with Gasteiger partial charge in [0.25, 0.3) is 5.91 Å². The van der Waals surface area contributed by atoms with Gasteiger partial charge in [-0.15, -0.1) is 11.3 Å². The molecule has 8 heteroatoms. The van der Waals surface area contributed by atoms with Gasteiger partial charge in [0.1, 0.15) is 4.83 Å². The first-order valence-corrected chi connectivity index (χ1v) is 11.4. The van der Waals surface area contributed by atoms with Crippen LogP contribution in [0.15, 0.2) is 30.3 Å². The third-order valence-corrected chi connectivity index (χ3v) is 7.14. The van der Waals surface area contributed by atoms with Crippen molar-refractivity contribution >= 4 is 45.0 Å². The topological polar surface area (TPSA) is 67.2 Å². The zero-order chi connectivity index (χ0) is 21.3. The molecular weight excluding hydrogens is 420 g/mol. The number of thiophene rings is 1. The number of carbonyl (C=O) groups excluding carboxylic acids is 2. The summed E-state index contributed by atoms with van der Waals surface area (Å²) in [6, 6.07) is 9.72. The van der Waals surface area contributed by atoms with E-state index in [-0.39, 0.29) is 11.8 Å². The molecule has 1 fully saturated rings. The quantitative estimate of drug-likeness (QED) is 0.644. The number of aromatic nitrogens is 2. The van der Waals surface area contributed by atoms with E-state index in [2.05, 4.69) is 10.4 Å². The van der Waals surface area contributed by atoms with Gasteiger partial charge in [-0.05, 0) is 43.4 Å². The van der Waals surface area contributed by atoms with E-state index in [1.54, 1.807) is 0 Å². The number of likely N-dealkylation sites (tertiary alicyclic amines) is 1. The summed E-state index contributed by atoms with van der Waals surface area (Å²) in [4.78, 5) is 27.9. The van der Waals surface area contributed by atoms with Gasteiger partial charge in [-0.3, -0.25) is 14.3 Å². The summed E-state index contributed by atoms with van der Waals surface area (Å²) in [7, 11) is 0. The monoisotopic (exact) mass is 444 g/mol. The van der Waals surface area contributed by atoms with Crippen molar-refractivity contribution in [2.24, 2.45) is 5.92 Å². The first kappa shape index (κ1) is 20.9. The van der Waals surface area contributed by atoms with Crippen molar-refractivity contribution in [1.82, 2.24) is 20.0 Å². The van der Waals surface area contributed by atoms with E-state index in [9.17, 15) is 9.59 Å². The van der Waals surface area contributed by atoms with Gasteiger partial charge in [-0.1, -0.05) is 29.8 Å². The van der Waals surface area contributed by atoms with E-state index in [1.165, 1.54) is 18.3 Å². The molecule has 1 aromatic carbocycles. The van der Waals surface area contributed by atoms with Crippen molar-refractivity contribution in [2.45, 2.75) is 33.2 Å². The van der Waals surface area contributed by atoms with Crippen LogP contribution in [0, 0.1) is 12.8 Å². The molecule has 1 N–H and O–H groups in total. The number of hydrogen-bond donors (Lipinski definition) is 1. The predicted molar refractivity (Wildman–Crippen MR) is 120 cm³/mol. The number of hydrogen-bond acceptors (Lipinski definition) is 4. The van der Waals surface area contributed by atoms with Gasteiger partial charge in [0, 0.05) is 37.0 Å². The molecule has 3 heterocycles. The van der Waals surface area contributed by atoms with Crippen LogP contribution >= 0.6 is 22.9 Å². The van der Waals surface area contributed by atoms with E-state index in [0.29, 0.717) is 24.0 Å². The second-order valence-electron chi connectivity index (χ2n) is 7.84. The Kier molecular flexibility index (Phi) is 6.11. The highest BCUT2D eigenvalue weighted by molar-refractivity contribution is 7.20. The van der Waals surface area contributed by atoms with Crippen molar-refractivity contribution in [3.8, 4) is 0 Å². The van der Waals surface area contributed by atoms with Crippen LogP contribution in [0.2, 0.25) is 5.02 Å². The van der Waals surface area contributed by atoms with Crippen molar-refractivity contribution < 1.29 is 9.59 Å². The standard InChI is InChI=1S/C22H25ClN4O2S/c1-14-18-11-20(21(29)26-9-7-16(8-10-26)12-24-15(2)28)30-22(18)27(25-14)13-17-5-3-4-6-19(17)23/h3-6,11,16H,7-10,12-13H2,1-2H3,(H,24,28). The zero-order valence-corrected chi connectivity index (χ0v) is 18.7. The Morgan fingerprint density at radius 3 is 2.70 bits per heavy atom. The first-order chi connectivity index (χ1) is 14.4. The van der Waals surface area contributed by atoms with Gasteiger partial charge < -0.3 is 10.2 Å². The summed E-state index contributed by atoms with van der Waals surface area (Å²) in [6.07, 6.45) is 1.83. The summed E-state index contributed by atoms with van der Waals surface area (Å²) < 4.78 is 1.94. The Bertz CT molecular complexity index is 1080. The minimum atomic E-state index is -0.0000134. The van der Waals surface area contributed by atoms with Gasteiger partial charge in [0.05, 0.1) is 17.1 Å². The maximum atomic E-state index is 13.1. The Labute approximate surface area is 184 Å². The molecule has 158 valence electrons. The number of nitrogens with zero attached hydrogens (tertiary/aromatic N) is 3. The summed E-state index contributed by atoms with van der Waals surface area (Å²) in [5.74, 6) is 0.518. The summed E-state index contributed by atoms with van der Waals surface area (Å²) in [5.41, 5.74) is 1.92. The highest BCUT2D eigenvalue weighted by Gasteiger charge is 2.26. The molecule has 6 nitrogen and oxygen atoms in total. The number of halogens is 1. The van der Waals surface area contributed by atoms with Crippen LogP contribution in [0.1, 0.15) is 40.7 Å². The fourth-order valence-electron chi connectivity index (χ4n) is 3.90. The molecule has 2 aromatic heterocycles. The zero-order valence-electron chi connectivity index (χ0n) is 17.2. The van der Waals surface area contributed by atoms with E-state index in [0.717, 1.165) is 52.3 Å². The third kappa shape index (κ3) is 4.37. The number of aryl methyl sites for hydroxylation is 1. The van der Waals surface area contributed by atoms with Crippen LogP contribution in [0.3, 0.4) is 0 Å². The SMILES string of the molecule is CC(=O)NCC1CCN(C(=O)c2cc3c(C)nn(Cc4ccccc4Cl)c3s2)CC1. The van der Waals surface area contributed by atoms with E-state index in [4.69, 9.17) is 11.6 Å². The fourth-order valence-corrected chi connectivity index (χ4v) is 5.22. The number of rotatable bonds is 5. The Morgan fingerprint density at radius 2 is 2.00 bits per heavy atom. The van der Waals surface area contributed by atoms with Crippen molar-refractivity contribution in [3.05, 3.63) is 51.5 Å². The maximum absolute atomic E-state index is 13.1. The molecule has 3 aromatic rings. The van der Waals surface area contributed by atoms with Crippen molar-refractivity contribution in [2.75, 3.05) is 19.6 Å². The number of carbonyl (C=O) groups is 2. The molecule has 0 aliphatic carbocycles. The average molecular weight is 445 g/mol. The van der Waals surface area contributed by atoms with Gasteiger partial charge in [0.15, 0.2) is 0 Å². The molecule has 0 radical (unpaired) electrons. The molecule has 0 unspecified atom stereocenters. The molecule has 30 heavy (non-hydrogen) atoms. The molecule has 1 aliphatic rings. The molecule has 0 bridgehead atoms. The molecule has 1 aliphatic heterocycles. The first-order valence-electron chi connectivity index (χ1n) is 10.2. The van der Waals surface area contributed by atoms with Gasteiger partial charge in [-0.2, -0.15) is 5.10 Å². The van der Waals surface area contributed by atoms with Gasteiger partial charge in [0.2, 0.25) is 5.91 Å². The van der Waals surface area contributed by atoms with E-state index < -0.39 is 0 Å². The van der Waals surface area contributed by atoms with Crippen LogP contribution in [0.25, 0.3) is 10.2 Å². The number of nitrogens with one attached hydrogen (secondary N) is 1. The Morgan fingerprint density at radius 1 is 1.27 bits per heavy atom. The summed E-state index contributed by atoms with van der Waals surface area (Å²) in [5, 5.41) is 9.28. The normalized spacial score (nSPS) is 15.0. The lowest BCUT2D eigenvalue weighted by Gasteiger charge is -2.31. The second kappa shape index (κ2) is 8.78. The van der Waals surface area contributed by atoms with Crippen molar-refractivity contribution in [3.63, 3.8) is 0 Å². The molecule has 0 atom stereocenters. The number of amides is 2. The molecule has 0 saturated carbocycles. The minimum absolute atomic E-state index is 0.0000134. The fraction of sp³-hybridized carbons (Fsp3) is 0.409. The lowest BCUT2D eigenvalue weighted by Crippen LogP contribution is -2.41. The van der Waals surface area contributed by atoms with Crippen LogP contribution in [0.5, 0.6) is 0 Å². The Hall–Kier alpha value is -2.38. The lowest BCUT2D eigenvalue weighted by molar-refractivity contribution is -0.119. The second-order valence-corrected chi connectivity index (χ2v) is 9.27. The predicted octanol–water partition coefficient (Wildman–Crippen LogP) is 4.10. The van der Waals surface area contributed by atoms with Gasteiger partial charge in [-0.25, -0.2) is 0 Å². The highest BCUT2D eigenvalue weighted by atomic mass is 35.5. The molecule has 0 spiro atoms. The number of piperidine rings is 1. The average Bonchev–Trinajstić information content (AvgIpc) is 3.29. The summed E-state index contributed by atoms with van der Waals surface area (Å²) >= 11 is 7.81. The van der Waals surface area contributed by atoms with Crippen LogP contribution in [0.4, 0.5) is 0 Å². The number of benzene rings is 1. The molecular formula is C22H25ClN4O2S. The Balaban J connectivity index is 1.48. The summed E-state index contributed by atoms with van der Waals surface area (Å²) in [6.45, 7) is 6.23. The largest absolute Gasteiger partial charge is 0.356 e. The van der Waals surface area contributed by atoms with E-state index in [1.807, 2.05) is 46.8 Å². The maximum Gasteiger partial charge on any atom is 0.264 e. The smallest absolute Gasteiger partial charge is 0.264 e. The highest BCUT2D eigenvalue weighted by Crippen LogP contribution is 2.31. The van der Waals surface area contributed by atoms with Gasteiger partial charge >= 0.3 is 0 Å². The number of fused-ring (bicyclic) bond motifs is 1. The van der Waals surface area contributed by atoms with Crippen LogP contribution in [-0.2, 0) is 11.3 Å². The molecule has 4 rings (SSSR count).